The number of nitrogens with one attached hydrogen (secondary N) is 1. The SMILES string of the molecule is CN(Cc1cccnc1)Cc1ccnc(C(=N)N)c1. The second-order valence-corrected chi connectivity index (χ2v) is 4.50. The molecule has 98 valence electrons. The van der Waals surface area contributed by atoms with E-state index in [4.69, 9.17) is 11.1 Å². The molecule has 0 aliphatic carbocycles. The van der Waals surface area contributed by atoms with Gasteiger partial charge in [-0.1, -0.05) is 6.07 Å². The van der Waals surface area contributed by atoms with Gasteiger partial charge in [0.25, 0.3) is 0 Å². The quantitative estimate of drug-likeness (QED) is 0.625. The Hall–Kier alpha value is -2.27. The van der Waals surface area contributed by atoms with Gasteiger partial charge in [0.2, 0.25) is 0 Å². The van der Waals surface area contributed by atoms with Crippen LogP contribution in [0.3, 0.4) is 0 Å². The summed E-state index contributed by atoms with van der Waals surface area (Å²) >= 11 is 0. The highest BCUT2D eigenvalue weighted by molar-refractivity contribution is 5.93. The Labute approximate surface area is 112 Å². The lowest BCUT2D eigenvalue weighted by Gasteiger charge is -2.16. The number of nitrogen functional groups attached to an aromatic ring is 1. The first-order valence-electron chi connectivity index (χ1n) is 6.02. The molecule has 0 amide bonds. The minimum absolute atomic E-state index is 0.00300. The highest BCUT2D eigenvalue weighted by Gasteiger charge is 2.04. The van der Waals surface area contributed by atoms with Gasteiger partial charge in [0.05, 0.1) is 0 Å². The van der Waals surface area contributed by atoms with Crippen molar-refractivity contribution in [3.05, 3.63) is 59.7 Å². The van der Waals surface area contributed by atoms with E-state index in [-0.39, 0.29) is 5.84 Å². The molecule has 0 atom stereocenters. The second kappa shape index (κ2) is 6.06. The average molecular weight is 255 g/mol. The van der Waals surface area contributed by atoms with Crippen molar-refractivity contribution in [2.75, 3.05) is 7.05 Å². The summed E-state index contributed by atoms with van der Waals surface area (Å²) in [5.74, 6) is -0.00300. The number of pyridine rings is 2. The van der Waals surface area contributed by atoms with Crippen molar-refractivity contribution in [1.29, 1.82) is 5.41 Å². The molecule has 5 nitrogen and oxygen atoms in total. The molecule has 0 aliphatic heterocycles. The van der Waals surface area contributed by atoms with Crippen LogP contribution in [0.25, 0.3) is 0 Å². The first-order chi connectivity index (χ1) is 9.15. The third kappa shape index (κ3) is 3.86. The van der Waals surface area contributed by atoms with Crippen molar-refractivity contribution in [3.63, 3.8) is 0 Å². The molecular formula is C14H17N5. The van der Waals surface area contributed by atoms with Crippen LogP contribution in [0.15, 0.2) is 42.9 Å². The first-order valence-corrected chi connectivity index (χ1v) is 6.02. The number of hydrogen-bond acceptors (Lipinski definition) is 4. The van der Waals surface area contributed by atoms with Crippen molar-refractivity contribution >= 4 is 5.84 Å². The molecule has 0 unspecified atom stereocenters. The van der Waals surface area contributed by atoms with E-state index in [1.807, 2.05) is 31.4 Å². The highest BCUT2D eigenvalue weighted by Crippen LogP contribution is 2.08. The van der Waals surface area contributed by atoms with E-state index in [1.165, 1.54) is 5.56 Å². The molecule has 2 rings (SSSR count). The maximum absolute atomic E-state index is 7.39. The molecule has 0 bridgehead atoms. The van der Waals surface area contributed by atoms with Crippen LogP contribution in [0.4, 0.5) is 0 Å². The number of aromatic nitrogens is 2. The summed E-state index contributed by atoms with van der Waals surface area (Å²) in [6, 6.07) is 7.77. The molecule has 0 aromatic carbocycles. The third-order valence-electron chi connectivity index (χ3n) is 2.73. The molecular weight excluding hydrogens is 238 g/mol. The zero-order valence-electron chi connectivity index (χ0n) is 10.9. The largest absolute Gasteiger partial charge is 0.382 e. The molecule has 0 aliphatic rings. The fourth-order valence-corrected chi connectivity index (χ4v) is 1.89. The lowest BCUT2D eigenvalue weighted by atomic mass is 10.2. The summed E-state index contributed by atoms with van der Waals surface area (Å²) in [6.07, 6.45) is 5.32. The van der Waals surface area contributed by atoms with Crippen molar-refractivity contribution in [2.45, 2.75) is 13.1 Å². The Morgan fingerprint density at radius 1 is 1.26 bits per heavy atom. The van der Waals surface area contributed by atoms with Crippen LogP contribution >= 0.6 is 0 Å². The molecule has 0 saturated carbocycles. The smallest absolute Gasteiger partial charge is 0.141 e. The van der Waals surface area contributed by atoms with Gasteiger partial charge in [-0.15, -0.1) is 0 Å². The highest BCUT2D eigenvalue weighted by atomic mass is 15.1. The Kier molecular flexibility index (Phi) is 4.20. The maximum atomic E-state index is 7.39. The van der Waals surface area contributed by atoms with Gasteiger partial charge >= 0.3 is 0 Å². The Morgan fingerprint density at radius 2 is 2.05 bits per heavy atom. The number of nitrogens with two attached hydrogens (primary N) is 1. The molecule has 0 radical (unpaired) electrons. The predicted molar refractivity (Wildman–Crippen MR) is 74.7 cm³/mol. The van der Waals surface area contributed by atoms with E-state index in [0.717, 1.165) is 18.7 Å². The summed E-state index contributed by atoms with van der Waals surface area (Å²) in [5, 5.41) is 7.39. The van der Waals surface area contributed by atoms with Crippen LogP contribution in [-0.4, -0.2) is 27.8 Å². The van der Waals surface area contributed by atoms with Gasteiger partial charge in [-0.2, -0.15) is 0 Å². The van der Waals surface area contributed by atoms with Crippen molar-refractivity contribution in [1.82, 2.24) is 14.9 Å². The molecule has 0 saturated heterocycles. The van der Waals surface area contributed by atoms with E-state index >= 15 is 0 Å². The van der Waals surface area contributed by atoms with E-state index in [9.17, 15) is 0 Å². The standard InChI is InChI=1S/C14H17N5/c1-19(10-12-3-2-5-17-8-12)9-11-4-6-18-13(7-11)14(15)16/h2-8H,9-10H2,1H3,(H3,15,16). The zero-order valence-corrected chi connectivity index (χ0v) is 10.9. The van der Waals surface area contributed by atoms with Gasteiger partial charge in [0, 0.05) is 31.7 Å². The fourth-order valence-electron chi connectivity index (χ4n) is 1.89. The Bertz CT molecular complexity index is 553. The topological polar surface area (TPSA) is 78.9 Å². The van der Waals surface area contributed by atoms with Gasteiger partial charge in [-0.3, -0.25) is 20.3 Å². The molecule has 0 fully saturated rings. The molecule has 2 aromatic heterocycles. The summed E-state index contributed by atoms with van der Waals surface area (Å²) in [6.45, 7) is 1.60. The molecule has 0 spiro atoms. The number of hydrogen-bond donors (Lipinski definition) is 2. The fraction of sp³-hybridized carbons (Fsp3) is 0.214. The van der Waals surface area contributed by atoms with Crippen molar-refractivity contribution < 1.29 is 0 Å². The molecule has 3 N–H and O–H groups in total. The van der Waals surface area contributed by atoms with Crippen LogP contribution in [0.2, 0.25) is 0 Å². The lowest BCUT2D eigenvalue weighted by Crippen LogP contribution is -2.18. The molecule has 19 heavy (non-hydrogen) atoms. The number of rotatable bonds is 5. The van der Waals surface area contributed by atoms with E-state index in [0.29, 0.717) is 5.69 Å². The van der Waals surface area contributed by atoms with E-state index < -0.39 is 0 Å². The first kappa shape index (κ1) is 13.2. The van der Waals surface area contributed by atoms with Crippen LogP contribution in [0.1, 0.15) is 16.8 Å². The van der Waals surface area contributed by atoms with Gasteiger partial charge in [-0.05, 0) is 36.4 Å². The molecule has 2 heterocycles. The van der Waals surface area contributed by atoms with Gasteiger partial charge in [-0.25, -0.2) is 0 Å². The Balaban J connectivity index is 2.01. The lowest BCUT2D eigenvalue weighted by molar-refractivity contribution is 0.318. The summed E-state index contributed by atoms with van der Waals surface area (Å²) in [7, 11) is 2.04. The van der Waals surface area contributed by atoms with Gasteiger partial charge in [0.15, 0.2) is 0 Å². The third-order valence-corrected chi connectivity index (χ3v) is 2.73. The van der Waals surface area contributed by atoms with Crippen molar-refractivity contribution in [3.8, 4) is 0 Å². The molecule has 5 heteroatoms. The molecule has 2 aromatic rings. The maximum Gasteiger partial charge on any atom is 0.141 e. The van der Waals surface area contributed by atoms with Crippen LogP contribution < -0.4 is 5.73 Å². The Morgan fingerprint density at radius 3 is 2.74 bits per heavy atom. The van der Waals surface area contributed by atoms with E-state index in [1.54, 1.807) is 12.4 Å². The van der Waals surface area contributed by atoms with Crippen molar-refractivity contribution in [2.24, 2.45) is 5.73 Å². The predicted octanol–water partition coefficient (Wildman–Crippen LogP) is 1.39. The monoisotopic (exact) mass is 255 g/mol. The van der Waals surface area contributed by atoms with Crippen LogP contribution in [-0.2, 0) is 13.1 Å². The van der Waals surface area contributed by atoms with Gasteiger partial charge < -0.3 is 5.73 Å². The minimum Gasteiger partial charge on any atom is -0.382 e. The summed E-state index contributed by atoms with van der Waals surface area (Å²) < 4.78 is 0. The summed E-state index contributed by atoms with van der Waals surface area (Å²) in [4.78, 5) is 10.3. The normalized spacial score (nSPS) is 10.6. The van der Waals surface area contributed by atoms with E-state index in [2.05, 4.69) is 20.9 Å². The average Bonchev–Trinajstić information content (AvgIpc) is 2.40. The summed E-state index contributed by atoms with van der Waals surface area (Å²) in [5.41, 5.74) is 8.22. The number of nitrogens with zero attached hydrogens (tertiary/aromatic N) is 3. The van der Waals surface area contributed by atoms with Crippen LogP contribution in [0.5, 0.6) is 0 Å². The van der Waals surface area contributed by atoms with Gasteiger partial charge in [0.1, 0.15) is 11.5 Å². The number of amidine groups is 1. The second-order valence-electron chi connectivity index (χ2n) is 4.50. The minimum atomic E-state index is -0.00300. The zero-order chi connectivity index (χ0) is 13.7. The van der Waals surface area contributed by atoms with Crippen LogP contribution in [0, 0.1) is 5.41 Å².